The molecular weight excluding hydrogens is 484 g/mol. The molecule has 0 heterocycles. The number of hydrogen-bond donors (Lipinski definition) is 2. The van der Waals surface area contributed by atoms with E-state index in [4.69, 9.17) is 14.2 Å². The van der Waals surface area contributed by atoms with Crippen LogP contribution in [0.5, 0.6) is 17.2 Å². The number of benzene rings is 3. The summed E-state index contributed by atoms with van der Waals surface area (Å²) in [4.78, 5) is 0. The van der Waals surface area contributed by atoms with Crippen LogP contribution in [0.2, 0.25) is 0 Å². The van der Waals surface area contributed by atoms with Crippen LogP contribution >= 0.6 is 0 Å². The fourth-order valence-electron chi connectivity index (χ4n) is 5.04. The Hall–Kier alpha value is -3.02. The minimum absolute atomic E-state index is 0.806. The zero-order valence-electron chi connectivity index (χ0n) is 24.3. The normalized spacial score (nSPS) is 10.9. The molecule has 0 radical (unpaired) electrons. The molecule has 0 bridgehead atoms. The van der Waals surface area contributed by atoms with E-state index in [1.165, 1.54) is 47.9 Å². The second-order valence-corrected chi connectivity index (χ2v) is 10.0. The highest BCUT2D eigenvalue weighted by atomic mass is 16.5. The van der Waals surface area contributed by atoms with Crippen LogP contribution in [-0.4, -0.2) is 47.5 Å². The van der Waals surface area contributed by atoms with Crippen molar-refractivity contribution in [3.05, 3.63) is 89.0 Å². The van der Waals surface area contributed by atoms with Crippen LogP contribution in [0.15, 0.2) is 66.7 Å². The van der Waals surface area contributed by atoms with Crippen LogP contribution in [0, 0.1) is 0 Å². The first-order valence-electron chi connectivity index (χ1n) is 14.6. The number of aryl methyl sites for hydroxylation is 1. The van der Waals surface area contributed by atoms with E-state index in [0.717, 1.165) is 75.5 Å². The molecule has 5 heteroatoms. The number of nitrogens with one attached hydrogen (secondary N) is 2. The van der Waals surface area contributed by atoms with Crippen LogP contribution in [0.25, 0.3) is 0 Å². The van der Waals surface area contributed by atoms with E-state index in [0.29, 0.717) is 0 Å². The lowest BCUT2D eigenvalue weighted by Gasteiger charge is -2.17. The minimum atomic E-state index is 0.806. The van der Waals surface area contributed by atoms with E-state index in [9.17, 15) is 0 Å². The average molecular weight is 533 g/mol. The maximum Gasteiger partial charge on any atom is 0.164 e. The number of unbranched alkanes of at least 4 members (excludes halogenated alkanes) is 3. The molecule has 0 aliphatic carbocycles. The lowest BCUT2D eigenvalue weighted by Crippen LogP contribution is -2.20. The van der Waals surface area contributed by atoms with Crippen molar-refractivity contribution < 1.29 is 14.2 Å². The van der Waals surface area contributed by atoms with Crippen molar-refractivity contribution in [1.82, 2.24) is 10.6 Å². The lowest BCUT2D eigenvalue weighted by molar-refractivity contribution is 0.350. The van der Waals surface area contributed by atoms with Crippen LogP contribution in [-0.2, 0) is 25.7 Å². The highest BCUT2D eigenvalue weighted by Crippen LogP contribution is 2.35. The van der Waals surface area contributed by atoms with Crippen molar-refractivity contribution in [3.8, 4) is 17.2 Å². The summed E-state index contributed by atoms with van der Waals surface area (Å²) in [5.74, 6) is 2.59. The maximum atomic E-state index is 5.81. The predicted molar refractivity (Wildman–Crippen MR) is 163 cm³/mol. The standard InChI is InChI=1S/C34H48N2O3/c1-37-31-17-11-15-29(27-31)16-12-18-32-30(19-20-33(38-2)34(32)39-3)22-26-36-24-10-5-4-9-23-35-25-21-28-13-7-6-8-14-28/h6-8,11,13-15,17,19-20,27,35-36H,4-5,9-10,12,16,18,21-26H2,1-3H3. The summed E-state index contributed by atoms with van der Waals surface area (Å²) >= 11 is 0. The fourth-order valence-corrected chi connectivity index (χ4v) is 5.04. The molecule has 3 aromatic carbocycles. The predicted octanol–water partition coefficient (Wildman–Crippen LogP) is 6.41. The SMILES string of the molecule is COc1cccc(CCCc2c(CCNCCCCCCNCCc3ccccc3)ccc(OC)c2OC)c1. The quantitative estimate of drug-likeness (QED) is 0.165. The summed E-state index contributed by atoms with van der Waals surface area (Å²) in [6, 6.07) is 23.3. The minimum Gasteiger partial charge on any atom is -0.497 e. The molecule has 0 aliphatic heterocycles. The van der Waals surface area contributed by atoms with Gasteiger partial charge in [-0.2, -0.15) is 0 Å². The molecule has 0 fully saturated rings. The topological polar surface area (TPSA) is 51.8 Å². The first-order valence-corrected chi connectivity index (χ1v) is 14.6. The van der Waals surface area contributed by atoms with E-state index in [2.05, 4.69) is 65.2 Å². The molecule has 0 aliphatic rings. The smallest absolute Gasteiger partial charge is 0.164 e. The largest absolute Gasteiger partial charge is 0.497 e. The molecule has 39 heavy (non-hydrogen) atoms. The van der Waals surface area contributed by atoms with Gasteiger partial charge in [0.1, 0.15) is 5.75 Å². The van der Waals surface area contributed by atoms with E-state index in [-0.39, 0.29) is 0 Å². The molecule has 0 saturated carbocycles. The number of ether oxygens (including phenoxy) is 3. The lowest BCUT2D eigenvalue weighted by atomic mass is 9.96. The van der Waals surface area contributed by atoms with Crippen molar-refractivity contribution in [2.75, 3.05) is 47.5 Å². The van der Waals surface area contributed by atoms with Gasteiger partial charge in [-0.15, -0.1) is 0 Å². The Morgan fingerprint density at radius 1 is 0.538 bits per heavy atom. The average Bonchev–Trinajstić information content (AvgIpc) is 2.98. The second-order valence-electron chi connectivity index (χ2n) is 10.0. The van der Waals surface area contributed by atoms with Gasteiger partial charge in [0, 0.05) is 5.56 Å². The Labute approximate surface area is 236 Å². The highest BCUT2D eigenvalue weighted by Gasteiger charge is 2.15. The third-order valence-electron chi connectivity index (χ3n) is 7.23. The second kappa shape index (κ2) is 18.3. The molecule has 5 nitrogen and oxygen atoms in total. The number of rotatable bonds is 20. The molecule has 3 rings (SSSR count). The Kier molecular flexibility index (Phi) is 14.3. The Bertz CT molecular complexity index is 1070. The first kappa shape index (κ1) is 30.5. The van der Waals surface area contributed by atoms with Crippen LogP contribution in [0.4, 0.5) is 0 Å². The maximum absolute atomic E-state index is 5.81. The first-order chi connectivity index (χ1) is 19.2. The fraction of sp³-hybridized carbons (Fsp3) is 0.471. The highest BCUT2D eigenvalue weighted by molar-refractivity contribution is 5.51. The van der Waals surface area contributed by atoms with Crippen LogP contribution in [0.1, 0.15) is 54.4 Å². The molecule has 0 saturated heterocycles. The summed E-state index contributed by atoms with van der Waals surface area (Å²) in [5.41, 5.74) is 5.31. The molecule has 2 N–H and O–H groups in total. The van der Waals surface area contributed by atoms with Crippen molar-refractivity contribution >= 4 is 0 Å². The zero-order chi connectivity index (χ0) is 27.5. The monoisotopic (exact) mass is 532 g/mol. The molecule has 3 aromatic rings. The summed E-state index contributed by atoms with van der Waals surface area (Å²) in [7, 11) is 5.16. The van der Waals surface area contributed by atoms with Gasteiger partial charge in [-0.3, -0.25) is 0 Å². The Morgan fingerprint density at radius 2 is 1.26 bits per heavy atom. The van der Waals surface area contributed by atoms with E-state index in [1.807, 2.05) is 12.1 Å². The van der Waals surface area contributed by atoms with Crippen molar-refractivity contribution in [1.29, 1.82) is 0 Å². The van der Waals surface area contributed by atoms with Gasteiger partial charge in [0.2, 0.25) is 0 Å². The third-order valence-corrected chi connectivity index (χ3v) is 7.23. The number of methoxy groups -OCH3 is 3. The van der Waals surface area contributed by atoms with Crippen molar-refractivity contribution in [3.63, 3.8) is 0 Å². The molecule has 212 valence electrons. The zero-order valence-corrected chi connectivity index (χ0v) is 24.3. The van der Waals surface area contributed by atoms with Gasteiger partial charge in [0.15, 0.2) is 11.5 Å². The van der Waals surface area contributed by atoms with Gasteiger partial charge >= 0.3 is 0 Å². The Morgan fingerprint density at radius 3 is 1.95 bits per heavy atom. The molecule has 0 spiro atoms. The van der Waals surface area contributed by atoms with Gasteiger partial charge in [-0.05, 0) is 106 Å². The summed E-state index contributed by atoms with van der Waals surface area (Å²) in [6.07, 6.45) is 10.1. The molecule has 0 unspecified atom stereocenters. The molecule has 0 atom stereocenters. The molecular formula is C34H48N2O3. The van der Waals surface area contributed by atoms with Crippen molar-refractivity contribution in [2.24, 2.45) is 0 Å². The van der Waals surface area contributed by atoms with E-state index >= 15 is 0 Å². The summed E-state index contributed by atoms with van der Waals surface area (Å²) in [5, 5.41) is 7.22. The van der Waals surface area contributed by atoms with E-state index < -0.39 is 0 Å². The van der Waals surface area contributed by atoms with Crippen LogP contribution < -0.4 is 24.8 Å². The van der Waals surface area contributed by atoms with Gasteiger partial charge in [0.25, 0.3) is 0 Å². The molecule has 0 aromatic heterocycles. The van der Waals surface area contributed by atoms with Gasteiger partial charge in [-0.1, -0.05) is 61.4 Å². The molecule has 0 amide bonds. The van der Waals surface area contributed by atoms with Gasteiger partial charge < -0.3 is 24.8 Å². The number of hydrogen-bond acceptors (Lipinski definition) is 5. The van der Waals surface area contributed by atoms with E-state index in [1.54, 1.807) is 21.3 Å². The van der Waals surface area contributed by atoms with Gasteiger partial charge in [0.05, 0.1) is 21.3 Å². The third kappa shape index (κ3) is 10.9. The van der Waals surface area contributed by atoms with Gasteiger partial charge in [-0.25, -0.2) is 0 Å². The summed E-state index contributed by atoms with van der Waals surface area (Å²) in [6.45, 7) is 4.21. The Balaban J connectivity index is 1.34. The summed E-state index contributed by atoms with van der Waals surface area (Å²) < 4.78 is 16.8. The van der Waals surface area contributed by atoms with Crippen LogP contribution in [0.3, 0.4) is 0 Å². The van der Waals surface area contributed by atoms with Crippen molar-refractivity contribution in [2.45, 2.75) is 57.8 Å².